The monoisotopic (exact) mass is 734 g/mol. The van der Waals surface area contributed by atoms with Gasteiger partial charge in [0.15, 0.2) is 6.61 Å². The Bertz CT molecular complexity index is 1170. The predicted octanol–water partition coefficient (Wildman–Crippen LogP) is 6.62. The number of hydrazone groups is 1. The normalized spacial score (nSPS) is 13.8. The van der Waals surface area contributed by atoms with Crippen molar-refractivity contribution >= 4 is 80.8 Å². The van der Waals surface area contributed by atoms with Crippen LogP contribution in [-0.2, 0) is 11.4 Å². The van der Waals surface area contributed by atoms with Crippen molar-refractivity contribution in [2.45, 2.75) is 11.2 Å². The summed E-state index contributed by atoms with van der Waals surface area (Å²) in [5.41, 5.74) is 5.48. The van der Waals surface area contributed by atoms with Crippen LogP contribution in [0.4, 0.5) is 4.39 Å². The summed E-state index contributed by atoms with van der Waals surface area (Å²) in [5, 5.41) is 4.04. The van der Waals surface area contributed by atoms with Gasteiger partial charge in [-0.3, -0.25) is 4.79 Å². The molecule has 0 atom stereocenters. The van der Waals surface area contributed by atoms with E-state index < -0.39 is 0 Å². The molecule has 3 aromatic carbocycles. The second kappa shape index (κ2) is 13.2. The number of ether oxygens (including phenoxy) is 2. The number of carbonyl (C=O) groups is 1. The number of amides is 1. The number of hydrogen-bond donors (Lipinski definition) is 1. The molecule has 3 aromatic rings. The van der Waals surface area contributed by atoms with Crippen molar-refractivity contribution in [2.24, 2.45) is 5.10 Å². The number of nitrogens with one attached hydrogen (secondary N) is 1. The number of hydrogen-bond acceptors (Lipinski definition) is 6. The molecular weight excluding hydrogens is 713 g/mol. The number of thioether (sulfide) groups is 2. The molecule has 5 nitrogen and oxygen atoms in total. The van der Waals surface area contributed by atoms with Gasteiger partial charge in [0, 0.05) is 11.5 Å². The van der Waals surface area contributed by atoms with Crippen LogP contribution in [0.1, 0.15) is 21.3 Å². The molecule has 0 spiro atoms. The van der Waals surface area contributed by atoms with Crippen molar-refractivity contribution in [3.8, 4) is 11.5 Å². The highest BCUT2D eigenvalue weighted by atomic mass is 127. The molecule has 0 saturated carbocycles. The SMILES string of the molecule is O=C(COc1ccc(C2SCCS2)cc1)N/N=C\c1cc(I)c(OCc2ccc(F)cc2)c(I)c1. The van der Waals surface area contributed by atoms with Gasteiger partial charge < -0.3 is 9.47 Å². The maximum atomic E-state index is 13.1. The Labute approximate surface area is 239 Å². The van der Waals surface area contributed by atoms with Gasteiger partial charge in [-0.1, -0.05) is 24.3 Å². The summed E-state index contributed by atoms with van der Waals surface area (Å²) in [5.74, 6) is 3.16. The minimum Gasteiger partial charge on any atom is -0.487 e. The molecule has 1 heterocycles. The fourth-order valence-electron chi connectivity index (χ4n) is 3.16. The Hall–Kier alpha value is -1.51. The molecule has 10 heteroatoms. The topological polar surface area (TPSA) is 59.9 Å². The Morgan fingerprint density at radius 3 is 2.34 bits per heavy atom. The van der Waals surface area contributed by atoms with Crippen LogP contribution in [-0.4, -0.2) is 30.2 Å². The first-order valence-electron chi connectivity index (χ1n) is 10.6. The van der Waals surface area contributed by atoms with Crippen LogP contribution in [0.25, 0.3) is 0 Å². The van der Waals surface area contributed by atoms with E-state index in [1.807, 2.05) is 47.8 Å². The van der Waals surface area contributed by atoms with Crippen molar-refractivity contribution in [2.75, 3.05) is 18.1 Å². The van der Waals surface area contributed by atoms with Crippen LogP contribution in [0.2, 0.25) is 0 Å². The van der Waals surface area contributed by atoms with Crippen molar-refractivity contribution in [3.05, 3.63) is 90.3 Å². The van der Waals surface area contributed by atoms with Crippen LogP contribution in [0.5, 0.6) is 11.5 Å². The van der Waals surface area contributed by atoms with E-state index in [0.717, 1.165) is 24.0 Å². The van der Waals surface area contributed by atoms with E-state index in [4.69, 9.17) is 9.47 Å². The molecule has 0 bridgehead atoms. The van der Waals surface area contributed by atoms with Crippen LogP contribution in [0.3, 0.4) is 0 Å². The Morgan fingerprint density at radius 1 is 1.03 bits per heavy atom. The largest absolute Gasteiger partial charge is 0.487 e. The van der Waals surface area contributed by atoms with E-state index in [0.29, 0.717) is 16.9 Å². The first-order chi connectivity index (χ1) is 17.0. The lowest BCUT2D eigenvalue weighted by atomic mass is 10.2. The number of carbonyl (C=O) groups excluding carboxylic acids is 1. The van der Waals surface area contributed by atoms with E-state index in [-0.39, 0.29) is 18.3 Å². The van der Waals surface area contributed by atoms with Crippen molar-refractivity contribution < 1.29 is 18.7 Å². The summed E-state index contributed by atoms with van der Waals surface area (Å²) < 4.78 is 26.9. The van der Waals surface area contributed by atoms with E-state index in [1.54, 1.807) is 18.3 Å². The van der Waals surface area contributed by atoms with Crippen LogP contribution >= 0.6 is 68.7 Å². The van der Waals surface area contributed by atoms with Crippen LogP contribution < -0.4 is 14.9 Å². The molecule has 35 heavy (non-hydrogen) atoms. The first-order valence-corrected chi connectivity index (χ1v) is 14.9. The molecule has 0 aliphatic carbocycles. The Morgan fingerprint density at radius 2 is 1.69 bits per heavy atom. The van der Waals surface area contributed by atoms with E-state index in [9.17, 15) is 9.18 Å². The van der Waals surface area contributed by atoms with E-state index in [1.165, 1.54) is 29.2 Å². The van der Waals surface area contributed by atoms with Gasteiger partial charge in [-0.2, -0.15) is 5.10 Å². The molecule has 0 radical (unpaired) electrons. The quantitative estimate of drug-likeness (QED) is 0.152. The summed E-state index contributed by atoms with van der Waals surface area (Å²) in [6.07, 6.45) is 1.58. The highest BCUT2D eigenvalue weighted by molar-refractivity contribution is 14.1. The van der Waals surface area contributed by atoms with E-state index >= 15 is 0 Å². The van der Waals surface area contributed by atoms with Crippen molar-refractivity contribution in [3.63, 3.8) is 0 Å². The summed E-state index contributed by atoms with van der Waals surface area (Å²) in [6.45, 7) is 0.228. The lowest BCUT2D eigenvalue weighted by Crippen LogP contribution is -2.24. The van der Waals surface area contributed by atoms with Gasteiger partial charge >= 0.3 is 0 Å². The molecule has 1 aliphatic rings. The summed E-state index contributed by atoms with van der Waals surface area (Å²) in [7, 11) is 0. The molecular formula is C25H21FI2N2O3S2. The van der Waals surface area contributed by atoms with E-state index in [2.05, 4.69) is 67.8 Å². The van der Waals surface area contributed by atoms with Gasteiger partial charge in [-0.05, 0) is 98.3 Å². The van der Waals surface area contributed by atoms with Crippen LogP contribution in [0, 0.1) is 13.0 Å². The zero-order valence-corrected chi connectivity index (χ0v) is 24.3. The second-order valence-electron chi connectivity index (χ2n) is 7.45. The summed E-state index contributed by atoms with van der Waals surface area (Å²) >= 11 is 8.30. The number of nitrogens with zero attached hydrogens (tertiary/aromatic N) is 1. The standard InChI is InChI=1S/C25H21FI2N2O3S2/c26-19-5-1-16(2-6-19)14-33-24-21(27)11-17(12-22(24)28)13-29-30-23(31)15-32-20-7-3-18(4-8-20)25-34-9-10-35-25/h1-8,11-13,25H,9-10,14-15H2,(H,30,31)/b29-13-. The summed E-state index contributed by atoms with van der Waals surface area (Å²) in [6, 6.07) is 18.0. The molecule has 0 aromatic heterocycles. The third-order valence-corrected chi connectivity index (χ3v) is 9.57. The smallest absolute Gasteiger partial charge is 0.277 e. The number of benzene rings is 3. The van der Waals surface area contributed by atoms with Gasteiger partial charge in [-0.25, -0.2) is 9.82 Å². The summed E-state index contributed by atoms with van der Waals surface area (Å²) in [4.78, 5) is 12.1. The minimum absolute atomic E-state index is 0.116. The van der Waals surface area contributed by atoms with Crippen molar-refractivity contribution in [1.29, 1.82) is 0 Å². The van der Waals surface area contributed by atoms with Gasteiger partial charge in [0.1, 0.15) is 23.9 Å². The molecule has 1 N–H and O–H groups in total. The molecule has 1 aliphatic heterocycles. The van der Waals surface area contributed by atoms with Gasteiger partial charge in [0.2, 0.25) is 0 Å². The Kier molecular flexibility index (Phi) is 9.98. The van der Waals surface area contributed by atoms with Crippen molar-refractivity contribution in [1.82, 2.24) is 5.43 Å². The van der Waals surface area contributed by atoms with Gasteiger partial charge in [0.05, 0.1) is 17.9 Å². The zero-order chi connectivity index (χ0) is 24.6. The average molecular weight is 734 g/mol. The lowest BCUT2D eigenvalue weighted by molar-refractivity contribution is -0.123. The minimum atomic E-state index is -0.337. The third-order valence-electron chi connectivity index (χ3n) is 4.86. The molecule has 1 amide bonds. The first kappa shape index (κ1) is 26.6. The molecule has 0 unspecified atom stereocenters. The van der Waals surface area contributed by atoms with Gasteiger partial charge in [0.25, 0.3) is 5.91 Å². The highest BCUT2D eigenvalue weighted by Gasteiger charge is 2.18. The molecule has 182 valence electrons. The van der Waals surface area contributed by atoms with Gasteiger partial charge in [-0.15, -0.1) is 23.5 Å². The third kappa shape index (κ3) is 7.99. The number of rotatable bonds is 9. The lowest BCUT2D eigenvalue weighted by Gasteiger charge is -2.11. The van der Waals surface area contributed by atoms with Crippen LogP contribution in [0.15, 0.2) is 65.8 Å². The Balaban J connectivity index is 1.25. The number of halogens is 3. The zero-order valence-electron chi connectivity index (χ0n) is 18.4. The average Bonchev–Trinajstić information content (AvgIpc) is 3.39. The second-order valence-corrected chi connectivity index (χ2v) is 12.5. The molecule has 1 saturated heterocycles. The molecule has 1 fully saturated rings. The molecule has 4 rings (SSSR count). The highest BCUT2D eigenvalue weighted by Crippen LogP contribution is 2.45. The predicted molar refractivity (Wildman–Crippen MR) is 158 cm³/mol. The maximum Gasteiger partial charge on any atom is 0.277 e. The fourth-order valence-corrected chi connectivity index (χ4v) is 8.15. The fraction of sp³-hybridized carbons (Fsp3) is 0.200. The maximum absolute atomic E-state index is 13.1.